The number of hydrogen-bond acceptors (Lipinski definition) is 13. The lowest BCUT2D eigenvalue weighted by Crippen LogP contribution is -2.57. The van der Waals surface area contributed by atoms with Crippen molar-refractivity contribution in [3.05, 3.63) is 59.7 Å². The number of phenols is 2. The molecule has 4 fully saturated rings. The number of amides is 9. The van der Waals surface area contributed by atoms with Gasteiger partial charge in [-0.05, 0) is 138 Å². The summed E-state index contributed by atoms with van der Waals surface area (Å²) >= 11 is 0. The van der Waals surface area contributed by atoms with Crippen molar-refractivity contribution in [2.75, 3.05) is 13.1 Å². The third kappa shape index (κ3) is 17.6. The molecular formula is C56H83N11O11. The third-order valence-electron chi connectivity index (χ3n) is 16.0. The zero-order valence-electron chi connectivity index (χ0n) is 44.9. The molecule has 4 aliphatic rings. The summed E-state index contributed by atoms with van der Waals surface area (Å²) in [6, 6.07) is 6.19. The Morgan fingerprint density at radius 2 is 0.756 bits per heavy atom. The molecule has 22 nitrogen and oxygen atoms in total. The highest BCUT2D eigenvalue weighted by Gasteiger charge is 2.42. The Hall–Kier alpha value is -6.81. The van der Waals surface area contributed by atoms with Crippen LogP contribution < -0.4 is 59.7 Å². The molecular weight excluding hydrogens is 1000 g/mol. The topological polar surface area (TPSA) is 368 Å². The minimum Gasteiger partial charge on any atom is -0.508 e. The van der Waals surface area contributed by atoms with Crippen molar-refractivity contribution < 1.29 is 53.4 Å². The molecule has 2 aromatic carbocycles. The summed E-state index contributed by atoms with van der Waals surface area (Å²) in [5.74, 6) is -6.64. The number of carbonyl (C=O) groups excluding carboxylic acids is 9. The summed E-state index contributed by atoms with van der Waals surface area (Å²) in [4.78, 5) is 123. The van der Waals surface area contributed by atoms with Gasteiger partial charge >= 0.3 is 0 Å². The van der Waals surface area contributed by atoms with E-state index in [9.17, 15) is 53.4 Å². The van der Waals surface area contributed by atoms with Crippen LogP contribution in [0.2, 0.25) is 0 Å². The van der Waals surface area contributed by atoms with Crippen LogP contribution in [0.3, 0.4) is 0 Å². The van der Waals surface area contributed by atoms with Crippen LogP contribution in [0.4, 0.5) is 0 Å². The molecule has 0 spiro atoms. The Morgan fingerprint density at radius 3 is 1.09 bits per heavy atom. The average molecular weight is 1090 g/mol. The Balaban J connectivity index is 1.09. The lowest BCUT2D eigenvalue weighted by molar-refractivity contribution is -0.135. The number of carbonyl (C=O) groups is 9. The molecule has 16 N–H and O–H groups in total. The highest BCUT2D eigenvalue weighted by Crippen LogP contribution is 2.31. The number of rotatable bonds is 28. The van der Waals surface area contributed by atoms with Crippen LogP contribution in [0.1, 0.15) is 134 Å². The van der Waals surface area contributed by atoms with E-state index in [1.165, 1.54) is 31.2 Å². The van der Waals surface area contributed by atoms with Crippen LogP contribution in [-0.2, 0) is 56.0 Å². The predicted octanol–water partition coefficient (Wildman–Crippen LogP) is 0.725. The SMILES string of the molecule is CC(=O)NC1CCCC1C(=O)N[C@@H](CCCCN)C(=O)NC1CCCC1C(=O)N[C@@H](Cc1ccc(O)cc1)C(=O)NC1CCCC1C(=O)N[C@@H](CCCCN)C(=O)NC1CCCC1C(=O)N[C@@H](Cc1ccc(O)cc1)C(N)=O. The van der Waals surface area contributed by atoms with Crippen molar-refractivity contribution >= 4 is 53.2 Å². The lowest BCUT2D eigenvalue weighted by atomic mass is 9.97. The van der Waals surface area contributed by atoms with Gasteiger partial charge in [0.05, 0.1) is 23.7 Å². The first-order valence-electron chi connectivity index (χ1n) is 28.1. The van der Waals surface area contributed by atoms with Gasteiger partial charge in [-0.25, -0.2) is 0 Å². The van der Waals surface area contributed by atoms with Gasteiger partial charge in [0.2, 0.25) is 53.2 Å². The second-order valence-electron chi connectivity index (χ2n) is 21.8. The molecule has 4 aliphatic carbocycles. The molecule has 2 aromatic rings. The molecule has 22 heteroatoms. The number of nitrogens with two attached hydrogens (primary N) is 3. The summed E-state index contributed by atoms with van der Waals surface area (Å²) < 4.78 is 0. The zero-order valence-corrected chi connectivity index (χ0v) is 44.9. The van der Waals surface area contributed by atoms with E-state index in [1.807, 2.05) is 0 Å². The standard InChI is InChI=1S/C56H83N11O11/c1-32(68)60-41-16-6-10-37(41)50(72)64-45(14-2-4-28-57)54(76)62-43-18-9-13-40(43)53(75)67-48(31-34-22-26-36(70)27-23-34)56(78)63-44-19-7-11-38(44)51(73)65-46(15-3-5-29-58)55(77)61-42-17-8-12-39(42)52(74)66-47(49(59)71)30-33-20-24-35(69)25-21-33/h20-27,37-48,69-70H,2-19,28-31,57-58H2,1H3,(H2,59,71)(H,60,68)(H,61,77)(H,62,76)(H,63,78)(H,64,72)(H,65,73)(H,66,74)(H,67,75)/t37?,38?,39?,40?,41?,42?,43?,44?,45-,46-,47-,48-/m0/s1. The molecule has 9 amide bonds. The normalized spacial score (nSPS) is 24.1. The van der Waals surface area contributed by atoms with E-state index < -0.39 is 107 Å². The molecule has 0 bridgehead atoms. The van der Waals surface area contributed by atoms with Crippen molar-refractivity contribution in [1.29, 1.82) is 0 Å². The van der Waals surface area contributed by atoms with Crippen LogP contribution >= 0.6 is 0 Å². The van der Waals surface area contributed by atoms with Crippen molar-refractivity contribution in [3.8, 4) is 11.5 Å². The molecule has 428 valence electrons. The fraction of sp³-hybridized carbons (Fsp3) is 0.625. The number of phenolic OH excluding ortho intramolecular Hbond substituents is 2. The van der Waals surface area contributed by atoms with E-state index in [0.717, 1.165) is 6.42 Å². The Kier molecular flexibility index (Phi) is 23.1. The van der Waals surface area contributed by atoms with Crippen LogP contribution in [-0.4, -0.2) is 125 Å². The first kappa shape index (κ1) is 60.4. The minimum absolute atomic E-state index is 0.0153. The summed E-state index contributed by atoms with van der Waals surface area (Å²) in [6.07, 6.45) is 9.53. The molecule has 0 aliphatic heterocycles. The van der Waals surface area contributed by atoms with Crippen molar-refractivity contribution in [1.82, 2.24) is 42.5 Å². The minimum atomic E-state index is -1.13. The maximum absolute atomic E-state index is 14.5. The van der Waals surface area contributed by atoms with Gasteiger partial charge in [-0.3, -0.25) is 43.2 Å². The first-order valence-corrected chi connectivity index (χ1v) is 28.1. The molecule has 8 unspecified atom stereocenters. The highest BCUT2D eigenvalue weighted by molar-refractivity contribution is 5.93. The predicted molar refractivity (Wildman–Crippen MR) is 289 cm³/mol. The fourth-order valence-corrected chi connectivity index (χ4v) is 11.7. The quantitative estimate of drug-likeness (QED) is 0.0524. The largest absolute Gasteiger partial charge is 0.508 e. The summed E-state index contributed by atoms with van der Waals surface area (Å²) in [6.45, 7) is 2.18. The summed E-state index contributed by atoms with van der Waals surface area (Å²) in [5.41, 5.74) is 18.6. The van der Waals surface area contributed by atoms with E-state index in [-0.39, 0.29) is 48.6 Å². The van der Waals surface area contributed by atoms with Gasteiger partial charge in [0.25, 0.3) is 0 Å². The molecule has 0 radical (unpaired) electrons. The number of unbranched alkanes of at least 4 members (excludes halogenated alkanes) is 2. The van der Waals surface area contributed by atoms with E-state index in [2.05, 4.69) is 42.5 Å². The van der Waals surface area contributed by atoms with Crippen LogP contribution in [0.25, 0.3) is 0 Å². The van der Waals surface area contributed by atoms with Crippen LogP contribution in [0.5, 0.6) is 11.5 Å². The number of hydrogen-bond donors (Lipinski definition) is 13. The second kappa shape index (κ2) is 29.8. The van der Waals surface area contributed by atoms with Gasteiger partial charge < -0.3 is 69.9 Å². The van der Waals surface area contributed by atoms with Gasteiger partial charge in [-0.1, -0.05) is 49.9 Å². The van der Waals surface area contributed by atoms with Crippen molar-refractivity contribution in [3.63, 3.8) is 0 Å². The monoisotopic (exact) mass is 1090 g/mol. The van der Waals surface area contributed by atoms with Gasteiger partial charge in [-0.15, -0.1) is 0 Å². The molecule has 0 heterocycles. The van der Waals surface area contributed by atoms with Crippen LogP contribution in [0.15, 0.2) is 48.5 Å². The number of primary amides is 1. The van der Waals surface area contributed by atoms with E-state index in [4.69, 9.17) is 17.2 Å². The lowest BCUT2D eigenvalue weighted by Gasteiger charge is -2.29. The van der Waals surface area contributed by atoms with Crippen LogP contribution in [0, 0.1) is 23.7 Å². The van der Waals surface area contributed by atoms with Gasteiger partial charge in [0.15, 0.2) is 0 Å². The van der Waals surface area contributed by atoms with Crippen molar-refractivity contribution in [2.24, 2.45) is 40.9 Å². The number of nitrogens with one attached hydrogen (secondary N) is 8. The second-order valence-corrected chi connectivity index (χ2v) is 21.8. The van der Waals surface area contributed by atoms with E-state index in [0.29, 0.717) is 127 Å². The molecule has 4 saturated carbocycles. The Labute approximate surface area is 456 Å². The van der Waals surface area contributed by atoms with Crippen molar-refractivity contribution in [2.45, 2.75) is 184 Å². The molecule has 12 atom stereocenters. The summed E-state index contributed by atoms with van der Waals surface area (Å²) in [7, 11) is 0. The first-order chi connectivity index (χ1) is 37.4. The molecule has 6 rings (SSSR count). The Bertz CT molecular complexity index is 2390. The number of benzene rings is 2. The maximum atomic E-state index is 14.5. The Morgan fingerprint density at radius 1 is 0.449 bits per heavy atom. The zero-order chi connectivity index (χ0) is 56.3. The highest BCUT2D eigenvalue weighted by atomic mass is 16.3. The average Bonchev–Trinajstić information content (AvgIpc) is 4.26. The molecule has 0 saturated heterocycles. The van der Waals surface area contributed by atoms with Gasteiger partial charge in [-0.2, -0.15) is 0 Å². The van der Waals surface area contributed by atoms with Gasteiger partial charge in [0, 0.05) is 43.9 Å². The molecule has 0 aromatic heterocycles. The molecule has 78 heavy (non-hydrogen) atoms. The maximum Gasteiger partial charge on any atom is 0.243 e. The van der Waals surface area contributed by atoms with Gasteiger partial charge in [0.1, 0.15) is 35.7 Å². The van der Waals surface area contributed by atoms with E-state index >= 15 is 0 Å². The van der Waals surface area contributed by atoms with E-state index in [1.54, 1.807) is 24.3 Å². The third-order valence-corrected chi connectivity index (χ3v) is 16.0. The fourth-order valence-electron chi connectivity index (χ4n) is 11.7. The smallest absolute Gasteiger partial charge is 0.243 e. The summed E-state index contributed by atoms with van der Waals surface area (Å²) in [5, 5.41) is 43.2. The number of aromatic hydroxyl groups is 2.